The van der Waals surface area contributed by atoms with Gasteiger partial charge >= 0.3 is 0 Å². The molecule has 25 heavy (non-hydrogen) atoms. The lowest BCUT2D eigenvalue weighted by Crippen LogP contribution is -1.94. The van der Waals surface area contributed by atoms with Crippen molar-refractivity contribution in [2.45, 2.75) is 6.42 Å². The SMILES string of the molecule is c1ccc(-c2cc(-c3ccncc3)nc3c2Cc2ccccc2-3)cc1. The molecule has 0 N–H and O–H groups in total. The Balaban J connectivity index is 1.80. The summed E-state index contributed by atoms with van der Waals surface area (Å²) < 4.78 is 0. The number of fused-ring (bicyclic) bond motifs is 3. The summed E-state index contributed by atoms with van der Waals surface area (Å²) in [5, 5.41) is 0. The predicted octanol–water partition coefficient (Wildman–Crippen LogP) is 5.38. The average molecular weight is 320 g/mol. The number of nitrogens with zero attached hydrogens (tertiary/aromatic N) is 2. The van der Waals surface area contributed by atoms with Crippen molar-refractivity contribution >= 4 is 0 Å². The average Bonchev–Trinajstić information content (AvgIpc) is 3.07. The number of benzene rings is 2. The van der Waals surface area contributed by atoms with Crippen LogP contribution in [0.15, 0.2) is 85.2 Å². The lowest BCUT2D eigenvalue weighted by molar-refractivity contribution is 1.23. The van der Waals surface area contributed by atoms with E-state index in [1.165, 1.54) is 27.8 Å². The van der Waals surface area contributed by atoms with Crippen molar-refractivity contribution in [2.75, 3.05) is 0 Å². The molecule has 2 aromatic heterocycles. The van der Waals surface area contributed by atoms with E-state index < -0.39 is 0 Å². The van der Waals surface area contributed by atoms with E-state index in [4.69, 9.17) is 4.98 Å². The molecule has 0 radical (unpaired) electrons. The zero-order valence-corrected chi connectivity index (χ0v) is 13.7. The molecule has 1 aliphatic carbocycles. The largest absolute Gasteiger partial charge is 0.265 e. The van der Waals surface area contributed by atoms with E-state index in [2.05, 4.69) is 65.6 Å². The van der Waals surface area contributed by atoms with Gasteiger partial charge in [-0.2, -0.15) is 0 Å². The van der Waals surface area contributed by atoms with Crippen LogP contribution in [0, 0.1) is 0 Å². The summed E-state index contributed by atoms with van der Waals surface area (Å²) in [4.78, 5) is 9.16. The van der Waals surface area contributed by atoms with Crippen LogP contribution >= 0.6 is 0 Å². The van der Waals surface area contributed by atoms with E-state index in [0.717, 1.165) is 23.4 Å². The van der Waals surface area contributed by atoms with Gasteiger partial charge in [0.15, 0.2) is 0 Å². The molecule has 118 valence electrons. The Morgan fingerprint density at radius 1 is 0.680 bits per heavy atom. The van der Waals surface area contributed by atoms with Gasteiger partial charge in [0.05, 0.1) is 11.4 Å². The standard InChI is InChI=1S/C23H16N2/c1-2-6-16(7-3-1)20-15-22(17-10-12-24-13-11-17)25-23-19-9-5-4-8-18(19)14-21(20)23/h1-13,15H,14H2. The van der Waals surface area contributed by atoms with Gasteiger partial charge in [0, 0.05) is 29.9 Å². The first-order valence-electron chi connectivity index (χ1n) is 8.48. The third-order valence-corrected chi connectivity index (χ3v) is 4.82. The van der Waals surface area contributed by atoms with Gasteiger partial charge in [0.25, 0.3) is 0 Å². The molecule has 0 saturated carbocycles. The first-order chi connectivity index (χ1) is 12.4. The minimum Gasteiger partial charge on any atom is -0.265 e. The minimum absolute atomic E-state index is 0.944. The summed E-state index contributed by atoms with van der Waals surface area (Å²) in [6.07, 6.45) is 4.58. The zero-order chi connectivity index (χ0) is 16.6. The maximum Gasteiger partial charge on any atom is 0.0753 e. The third kappa shape index (κ3) is 2.34. The summed E-state index contributed by atoms with van der Waals surface area (Å²) in [6.45, 7) is 0. The van der Waals surface area contributed by atoms with Crippen LogP contribution < -0.4 is 0 Å². The molecule has 5 rings (SSSR count). The lowest BCUT2D eigenvalue weighted by atomic mass is 9.96. The van der Waals surface area contributed by atoms with E-state index in [0.29, 0.717) is 0 Å². The van der Waals surface area contributed by atoms with Crippen LogP contribution in [-0.4, -0.2) is 9.97 Å². The zero-order valence-electron chi connectivity index (χ0n) is 13.7. The Labute approximate surface area is 146 Å². The molecule has 0 bridgehead atoms. The van der Waals surface area contributed by atoms with Gasteiger partial charge in [-0.05, 0) is 40.5 Å². The van der Waals surface area contributed by atoms with Gasteiger partial charge in [-0.1, -0.05) is 54.6 Å². The van der Waals surface area contributed by atoms with Gasteiger partial charge in [0.1, 0.15) is 0 Å². The summed E-state index contributed by atoms with van der Waals surface area (Å²) >= 11 is 0. The molecule has 2 heterocycles. The fourth-order valence-corrected chi connectivity index (χ4v) is 3.62. The second-order valence-corrected chi connectivity index (χ2v) is 6.32. The highest BCUT2D eigenvalue weighted by atomic mass is 14.7. The quantitative estimate of drug-likeness (QED) is 0.436. The van der Waals surface area contributed by atoms with Crippen molar-refractivity contribution in [3.8, 4) is 33.6 Å². The van der Waals surface area contributed by atoms with Crippen LogP contribution in [0.4, 0.5) is 0 Å². The van der Waals surface area contributed by atoms with Gasteiger partial charge in [0.2, 0.25) is 0 Å². The smallest absolute Gasteiger partial charge is 0.0753 e. The number of hydrogen-bond donors (Lipinski definition) is 0. The second-order valence-electron chi connectivity index (χ2n) is 6.32. The molecule has 0 fully saturated rings. The van der Waals surface area contributed by atoms with Crippen molar-refractivity contribution in [3.63, 3.8) is 0 Å². The van der Waals surface area contributed by atoms with Gasteiger partial charge < -0.3 is 0 Å². The molecule has 0 amide bonds. The molecule has 0 spiro atoms. The van der Waals surface area contributed by atoms with E-state index in [1.807, 2.05) is 24.5 Å². The van der Waals surface area contributed by atoms with Gasteiger partial charge in [-0.3, -0.25) is 4.98 Å². The van der Waals surface area contributed by atoms with E-state index in [1.54, 1.807) is 0 Å². The van der Waals surface area contributed by atoms with E-state index in [-0.39, 0.29) is 0 Å². The molecule has 0 unspecified atom stereocenters. The lowest BCUT2D eigenvalue weighted by Gasteiger charge is -2.12. The highest BCUT2D eigenvalue weighted by molar-refractivity contribution is 5.85. The molecule has 2 nitrogen and oxygen atoms in total. The molecule has 1 aliphatic rings. The molecule has 0 saturated heterocycles. The van der Waals surface area contributed by atoms with Crippen LogP contribution in [0.3, 0.4) is 0 Å². The van der Waals surface area contributed by atoms with Crippen molar-refractivity contribution < 1.29 is 0 Å². The van der Waals surface area contributed by atoms with E-state index in [9.17, 15) is 0 Å². The number of rotatable bonds is 2. The highest BCUT2D eigenvalue weighted by Gasteiger charge is 2.24. The third-order valence-electron chi connectivity index (χ3n) is 4.82. The number of aromatic nitrogens is 2. The molecule has 0 aliphatic heterocycles. The number of hydrogen-bond acceptors (Lipinski definition) is 2. The maximum atomic E-state index is 5.02. The molecule has 4 aromatic rings. The molecule has 2 heteroatoms. The summed E-state index contributed by atoms with van der Waals surface area (Å²) in [7, 11) is 0. The van der Waals surface area contributed by atoms with Crippen LogP contribution in [0.1, 0.15) is 11.1 Å². The minimum atomic E-state index is 0.944. The Morgan fingerprint density at radius 2 is 1.44 bits per heavy atom. The summed E-state index contributed by atoms with van der Waals surface area (Å²) in [5.74, 6) is 0. The molecule has 2 aromatic carbocycles. The maximum absolute atomic E-state index is 5.02. The van der Waals surface area contributed by atoms with Crippen molar-refractivity contribution in [3.05, 3.63) is 96.3 Å². The Hall–Kier alpha value is -3.26. The fourth-order valence-electron chi connectivity index (χ4n) is 3.62. The van der Waals surface area contributed by atoms with Crippen LogP contribution in [0.2, 0.25) is 0 Å². The topological polar surface area (TPSA) is 25.8 Å². The van der Waals surface area contributed by atoms with E-state index >= 15 is 0 Å². The predicted molar refractivity (Wildman–Crippen MR) is 101 cm³/mol. The molecular formula is C23H16N2. The normalized spacial score (nSPS) is 11.8. The Morgan fingerprint density at radius 3 is 2.28 bits per heavy atom. The fraction of sp³-hybridized carbons (Fsp3) is 0.0435. The van der Waals surface area contributed by atoms with Gasteiger partial charge in [-0.15, -0.1) is 0 Å². The Bertz CT molecular complexity index is 1050. The van der Waals surface area contributed by atoms with Gasteiger partial charge in [-0.25, -0.2) is 4.98 Å². The number of pyridine rings is 2. The van der Waals surface area contributed by atoms with Crippen molar-refractivity contribution in [1.82, 2.24) is 9.97 Å². The van der Waals surface area contributed by atoms with Crippen LogP contribution in [0.5, 0.6) is 0 Å². The second kappa shape index (κ2) is 5.67. The summed E-state index contributed by atoms with van der Waals surface area (Å²) in [6, 6.07) is 25.4. The Kier molecular flexibility index (Phi) is 3.20. The van der Waals surface area contributed by atoms with Crippen molar-refractivity contribution in [2.24, 2.45) is 0 Å². The van der Waals surface area contributed by atoms with Crippen molar-refractivity contribution in [1.29, 1.82) is 0 Å². The van der Waals surface area contributed by atoms with Crippen LogP contribution in [0.25, 0.3) is 33.6 Å². The summed E-state index contributed by atoms with van der Waals surface area (Å²) in [5.41, 5.74) is 9.66. The van der Waals surface area contributed by atoms with Crippen LogP contribution in [-0.2, 0) is 6.42 Å². The first kappa shape index (κ1) is 14.1. The molecule has 0 atom stereocenters. The molecular weight excluding hydrogens is 304 g/mol. The highest BCUT2D eigenvalue weighted by Crippen LogP contribution is 2.42. The monoisotopic (exact) mass is 320 g/mol. The first-order valence-corrected chi connectivity index (χ1v) is 8.48.